The third kappa shape index (κ3) is 7.22. The van der Waals surface area contributed by atoms with E-state index in [1.165, 1.54) is 0 Å². The molecular weight excluding hydrogens is 282 g/mol. The molecule has 0 saturated carbocycles. The fraction of sp³-hybridized carbons (Fsp3) is 0.529. The van der Waals surface area contributed by atoms with Crippen LogP contribution in [0.3, 0.4) is 0 Å². The Balaban J connectivity index is 2.50. The number of hydrogen-bond acceptors (Lipinski definition) is 3. The number of ether oxygens (including phenoxy) is 1. The lowest BCUT2D eigenvalue weighted by Gasteiger charge is -2.21. The second-order valence-corrected chi connectivity index (χ2v) is 6.37. The minimum absolute atomic E-state index is 0.171. The standard InChI is InChI=1S/C17H25NO4/c1-12-5-7-13(8-6-12)11-15(19)18-14(16(20)21)9-10-22-17(2,3)4/h5-8,14H,9-11H2,1-4H3,(H,18,19)(H,20,21). The maximum atomic E-state index is 12.0. The molecule has 5 nitrogen and oxygen atoms in total. The van der Waals surface area contributed by atoms with Gasteiger partial charge in [0, 0.05) is 13.0 Å². The molecule has 0 aliphatic heterocycles. The number of carboxylic acids is 1. The number of aryl methyl sites for hydroxylation is 1. The van der Waals surface area contributed by atoms with Crippen molar-refractivity contribution < 1.29 is 19.4 Å². The molecule has 0 aromatic heterocycles. The van der Waals surface area contributed by atoms with Crippen molar-refractivity contribution in [2.75, 3.05) is 6.61 Å². The molecule has 0 aliphatic carbocycles. The Labute approximate surface area is 131 Å². The zero-order valence-electron chi connectivity index (χ0n) is 13.7. The van der Waals surface area contributed by atoms with E-state index in [1.54, 1.807) is 0 Å². The van der Waals surface area contributed by atoms with Crippen molar-refractivity contribution in [2.24, 2.45) is 0 Å². The molecule has 122 valence electrons. The lowest BCUT2D eigenvalue weighted by atomic mass is 10.1. The summed E-state index contributed by atoms with van der Waals surface area (Å²) in [4.78, 5) is 23.2. The van der Waals surface area contributed by atoms with Crippen LogP contribution in [-0.4, -0.2) is 35.2 Å². The van der Waals surface area contributed by atoms with Gasteiger partial charge in [-0.05, 0) is 33.3 Å². The van der Waals surface area contributed by atoms with E-state index >= 15 is 0 Å². The van der Waals surface area contributed by atoms with E-state index in [1.807, 2.05) is 52.0 Å². The highest BCUT2D eigenvalue weighted by Gasteiger charge is 2.21. The van der Waals surface area contributed by atoms with E-state index in [0.717, 1.165) is 11.1 Å². The molecule has 1 amide bonds. The predicted molar refractivity (Wildman–Crippen MR) is 84.8 cm³/mol. The predicted octanol–water partition coefficient (Wildman–Crippen LogP) is 2.31. The van der Waals surface area contributed by atoms with E-state index in [9.17, 15) is 14.7 Å². The first-order valence-corrected chi connectivity index (χ1v) is 7.39. The smallest absolute Gasteiger partial charge is 0.326 e. The van der Waals surface area contributed by atoms with Gasteiger partial charge in [0.2, 0.25) is 5.91 Å². The quantitative estimate of drug-likeness (QED) is 0.810. The number of carbonyl (C=O) groups is 2. The lowest BCUT2D eigenvalue weighted by Crippen LogP contribution is -2.42. The van der Waals surface area contributed by atoms with Gasteiger partial charge >= 0.3 is 5.97 Å². The highest BCUT2D eigenvalue weighted by Crippen LogP contribution is 2.08. The number of amides is 1. The van der Waals surface area contributed by atoms with Gasteiger partial charge < -0.3 is 15.2 Å². The molecule has 1 rings (SSSR count). The van der Waals surface area contributed by atoms with Crippen molar-refractivity contribution in [3.8, 4) is 0 Å². The Bertz CT molecular complexity index is 502. The van der Waals surface area contributed by atoms with Crippen molar-refractivity contribution in [3.63, 3.8) is 0 Å². The lowest BCUT2D eigenvalue weighted by molar-refractivity contribution is -0.142. The van der Waals surface area contributed by atoms with Crippen LogP contribution in [0.4, 0.5) is 0 Å². The van der Waals surface area contributed by atoms with Gasteiger partial charge in [0.1, 0.15) is 6.04 Å². The normalized spacial score (nSPS) is 12.7. The van der Waals surface area contributed by atoms with Crippen LogP contribution < -0.4 is 5.32 Å². The number of carbonyl (C=O) groups excluding carboxylic acids is 1. The van der Waals surface area contributed by atoms with Crippen LogP contribution in [0.25, 0.3) is 0 Å². The number of rotatable bonds is 7. The van der Waals surface area contributed by atoms with Gasteiger partial charge in [0.15, 0.2) is 0 Å². The average Bonchev–Trinajstić information content (AvgIpc) is 2.38. The van der Waals surface area contributed by atoms with Gasteiger partial charge in [-0.25, -0.2) is 4.79 Å². The van der Waals surface area contributed by atoms with Crippen molar-refractivity contribution in [3.05, 3.63) is 35.4 Å². The molecule has 0 radical (unpaired) electrons. The average molecular weight is 307 g/mol. The van der Waals surface area contributed by atoms with Gasteiger partial charge in [0.05, 0.1) is 12.0 Å². The number of carboxylic acid groups (broad SMARTS) is 1. The highest BCUT2D eigenvalue weighted by atomic mass is 16.5. The van der Waals surface area contributed by atoms with Gasteiger partial charge in [-0.3, -0.25) is 4.79 Å². The minimum atomic E-state index is -1.05. The fourth-order valence-corrected chi connectivity index (χ4v) is 1.88. The molecule has 0 heterocycles. The summed E-state index contributed by atoms with van der Waals surface area (Å²) in [5.74, 6) is -1.35. The van der Waals surface area contributed by atoms with Gasteiger partial charge in [-0.1, -0.05) is 29.8 Å². The van der Waals surface area contributed by atoms with E-state index < -0.39 is 12.0 Å². The van der Waals surface area contributed by atoms with Gasteiger partial charge in [0.25, 0.3) is 0 Å². The van der Waals surface area contributed by atoms with Gasteiger partial charge in [-0.15, -0.1) is 0 Å². The molecule has 0 spiro atoms. The Morgan fingerprint density at radius 3 is 2.32 bits per heavy atom. The molecule has 0 saturated heterocycles. The van der Waals surface area contributed by atoms with E-state index in [0.29, 0.717) is 0 Å². The summed E-state index contributed by atoms with van der Waals surface area (Å²) in [5.41, 5.74) is 1.65. The number of nitrogens with one attached hydrogen (secondary N) is 1. The van der Waals surface area contributed by atoms with Crippen molar-refractivity contribution in [1.29, 1.82) is 0 Å². The molecule has 22 heavy (non-hydrogen) atoms. The van der Waals surface area contributed by atoms with Crippen LogP contribution in [-0.2, 0) is 20.7 Å². The highest BCUT2D eigenvalue weighted by molar-refractivity contribution is 5.84. The SMILES string of the molecule is Cc1ccc(CC(=O)NC(CCOC(C)(C)C)C(=O)O)cc1. The molecule has 0 fully saturated rings. The molecule has 5 heteroatoms. The summed E-state index contributed by atoms with van der Waals surface area (Å²) in [6.07, 6.45) is 0.413. The zero-order valence-corrected chi connectivity index (χ0v) is 13.7. The monoisotopic (exact) mass is 307 g/mol. The third-order valence-electron chi connectivity index (χ3n) is 3.06. The first kappa shape index (κ1) is 18.2. The first-order chi connectivity index (χ1) is 10.2. The summed E-state index contributed by atoms with van der Waals surface area (Å²) < 4.78 is 5.51. The summed E-state index contributed by atoms with van der Waals surface area (Å²) in [7, 11) is 0. The summed E-state index contributed by atoms with van der Waals surface area (Å²) in [6.45, 7) is 7.96. The Hall–Kier alpha value is -1.88. The third-order valence-corrected chi connectivity index (χ3v) is 3.06. The maximum absolute atomic E-state index is 12.0. The van der Waals surface area contributed by atoms with Crippen LogP contribution in [0, 0.1) is 6.92 Å². The number of hydrogen-bond donors (Lipinski definition) is 2. The summed E-state index contributed by atoms with van der Waals surface area (Å²) >= 11 is 0. The molecule has 1 unspecified atom stereocenters. The number of benzene rings is 1. The van der Waals surface area contributed by atoms with Crippen LogP contribution in [0.2, 0.25) is 0 Å². The van der Waals surface area contributed by atoms with Crippen LogP contribution in [0.1, 0.15) is 38.3 Å². The maximum Gasteiger partial charge on any atom is 0.326 e. The van der Waals surface area contributed by atoms with Crippen LogP contribution in [0.5, 0.6) is 0 Å². The molecule has 1 aromatic carbocycles. The molecule has 1 atom stereocenters. The molecular formula is C17H25NO4. The zero-order chi connectivity index (χ0) is 16.8. The first-order valence-electron chi connectivity index (χ1n) is 7.39. The fourth-order valence-electron chi connectivity index (χ4n) is 1.88. The van der Waals surface area contributed by atoms with Crippen molar-refractivity contribution in [1.82, 2.24) is 5.32 Å². The summed E-state index contributed by atoms with van der Waals surface area (Å²) in [6, 6.07) is 6.66. The van der Waals surface area contributed by atoms with Gasteiger partial charge in [-0.2, -0.15) is 0 Å². The topological polar surface area (TPSA) is 75.6 Å². The second-order valence-electron chi connectivity index (χ2n) is 6.37. The van der Waals surface area contributed by atoms with E-state index in [4.69, 9.17) is 4.74 Å². The molecule has 1 aromatic rings. The Morgan fingerprint density at radius 1 is 1.23 bits per heavy atom. The number of aliphatic carboxylic acids is 1. The Kier molecular flexibility index (Phi) is 6.56. The van der Waals surface area contributed by atoms with Crippen molar-refractivity contribution in [2.45, 2.75) is 52.2 Å². The Morgan fingerprint density at radius 2 is 1.82 bits per heavy atom. The molecule has 0 bridgehead atoms. The molecule has 0 aliphatic rings. The van der Waals surface area contributed by atoms with E-state index in [-0.39, 0.29) is 31.0 Å². The van der Waals surface area contributed by atoms with Crippen LogP contribution in [0.15, 0.2) is 24.3 Å². The minimum Gasteiger partial charge on any atom is -0.480 e. The van der Waals surface area contributed by atoms with E-state index in [2.05, 4.69) is 5.32 Å². The van der Waals surface area contributed by atoms with Crippen LogP contribution >= 0.6 is 0 Å². The summed E-state index contributed by atoms with van der Waals surface area (Å²) in [5, 5.41) is 11.7. The van der Waals surface area contributed by atoms with Crippen molar-refractivity contribution >= 4 is 11.9 Å². The second kappa shape index (κ2) is 7.94. The largest absolute Gasteiger partial charge is 0.480 e. The molecule has 2 N–H and O–H groups in total.